The molecule has 0 aliphatic carbocycles. The Morgan fingerprint density at radius 1 is 1.52 bits per heavy atom. The van der Waals surface area contributed by atoms with Gasteiger partial charge in [-0.3, -0.25) is 4.79 Å². The van der Waals surface area contributed by atoms with Crippen LogP contribution in [0.1, 0.15) is 12.0 Å². The first-order chi connectivity index (χ1) is 9.81. The third-order valence-electron chi connectivity index (χ3n) is 3.45. The van der Waals surface area contributed by atoms with Crippen molar-refractivity contribution in [3.63, 3.8) is 0 Å². The molecule has 1 aromatic carbocycles. The lowest BCUT2D eigenvalue weighted by molar-refractivity contribution is -0.125. The molecular formula is C13H16ClFN2O3S. The van der Waals surface area contributed by atoms with Crippen LogP contribution in [-0.2, 0) is 14.8 Å². The van der Waals surface area contributed by atoms with E-state index in [9.17, 15) is 17.6 Å². The van der Waals surface area contributed by atoms with E-state index >= 15 is 0 Å². The van der Waals surface area contributed by atoms with Gasteiger partial charge in [-0.2, -0.15) is 0 Å². The normalized spacial score (nSPS) is 20.2. The molecule has 1 aliphatic rings. The first kappa shape index (κ1) is 16.2. The Balaban J connectivity index is 2.12. The van der Waals surface area contributed by atoms with E-state index in [0.717, 1.165) is 0 Å². The Bertz CT molecular complexity index is 645. The van der Waals surface area contributed by atoms with Gasteiger partial charge in [-0.1, -0.05) is 17.7 Å². The molecule has 5 nitrogen and oxygen atoms in total. The second-order valence-corrected chi connectivity index (χ2v) is 7.12. The fraction of sp³-hybridized carbons (Fsp3) is 0.462. The minimum absolute atomic E-state index is 0.164. The van der Waals surface area contributed by atoms with Crippen molar-refractivity contribution in [1.29, 1.82) is 0 Å². The van der Waals surface area contributed by atoms with E-state index in [1.165, 1.54) is 18.2 Å². The van der Waals surface area contributed by atoms with E-state index in [1.807, 2.05) is 0 Å². The molecule has 1 fully saturated rings. The highest BCUT2D eigenvalue weighted by Crippen LogP contribution is 2.21. The number of rotatable bonds is 4. The Morgan fingerprint density at radius 3 is 2.81 bits per heavy atom. The van der Waals surface area contributed by atoms with Crippen molar-refractivity contribution in [3.05, 3.63) is 28.8 Å². The molecule has 1 aliphatic heterocycles. The predicted molar refractivity (Wildman–Crippen MR) is 77.4 cm³/mol. The van der Waals surface area contributed by atoms with Crippen molar-refractivity contribution >= 4 is 27.5 Å². The smallest absolute Gasteiger partial charge is 0.268 e. The second kappa shape index (κ2) is 6.29. The molecule has 2 unspecified atom stereocenters. The number of benzene rings is 1. The maximum absolute atomic E-state index is 13.9. The van der Waals surface area contributed by atoms with Gasteiger partial charge in [0.2, 0.25) is 0 Å². The zero-order valence-corrected chi connectivity index (χ0v) is 13.0. The molecule has 1 saturated heterocycles. The van der Waals surface area contributed by atoms with Crippen molar-refractivity contribution in [2.45, 2.75) is 24.4 Å². The monoisotopic (exact) mass is 334 g/mol. The summed E-state index contributed by atoms with van der Waals surface area (Å²) in [6.07, 6.45) is -1.35. The highest BCUT2D eigenvalue weighted by atomic mass is 35.5. The number of nitrogens with one attached hydrogen (secondary N) is 2. The number of hydrogen-bond donors (Lipinski definition) is 2. The third-order valence-corrected chi connectivity index (χ3v) is 5.20. The lowest BCUT2D eigenvalue weighted by Crippen LogP contribution is -2.40. The fourth-order valence-electron chi connectivity index (χ4n) is 2.13. The number of carbonyl (C=O) groups is 1. The number of sulfonamides is 1. The third kappa shape index (κ3) is 3.72. The molecular weight excluding hydrogens is 319 g/mol. The summed E-state index contributed by atoms with van der Waals surface area (Å²) < 4.78 is 39.8. The van der Waals surface area contributed by atoms with Crippen molar-refractivity contribution in [2.75, 3.05) is 13.1 Å². The molecule has 0 saturated carbocycles. The first-order valence-electron chi connectivity index (χ1n) is 6.49. The Labute approximate surface area is 127 Å². The van der Waals surface area contributed by atoms with Crippen molar-refractivity contribution in [1.82, 2.24) is 10.0 Å². The van der Waals surface area contributed by atoms with Gasteiger partial charge in [0, 0.05) is 17.5 Å². The molecule has 0 spiro atoms. The van der Waals surface area contributed by atoms with Gasteiger partial charge < -0.3 is 5.32 Å². The predicted octanol–water partition coefficient (Wildman–Crippen LogP) is 1.40. The molecule has 2 rings (SSSR count). The lowest BCUT2D eigenvalue weighted by atomic mass is 10.0. The maximum Gasteiger partial charge on any atom is 0.268 e. The number of aryl methyl sites for hydroxylation is 1. The summed E-state index contributed by atoms with van der Waals surface area (Å²) in [4.78, 5) is 11.6. The Kier molecular flexibility index (Phi) is 4.85. The number of amides is 1. The number of alkyl halides is 1. The van der Waals surface area contributed by atoms with Crippen LogP contribution in [0.3, 0.4) is 0 Å². The highest BCUT2D eigenvalue weighted by Gasteiger charge is 2.33. The minimum Gasteiger partial charge on any atom is -0.316 e. The van der Waals surface area contributed by atoms with Gasteiger partial charge in [-0.15, -0.1) is 0 Å². The number of hydrogen-bond acceptors (Lipinski definition) is 4. The molecule has 0 radical (unpaired) electrons. The number of halogens is 2. The van der Waals surface area contributed by atoms with Crippen LogP contribution < -0.4 is 10.0 Å². The summed E-state index contributed by atoms with van der Waals surface area (Å²) >= 11 is 5.86. The zero-order valence-electron chi connectivity index (χ0n) is 11.4. The van der Waals surface area contributed by atoms with Crippen LogP contribution in [0.25, 0.3) is 0 Å². The van der Waals surface area contributed by atoms with Crippen LogP contribution in [0.2, 0.25) is 5.02 Å². The minimum atomic E-state index is -4.12. The first-order valence-corrected chi connectivity index (χ1v) is 8.35. The van der Waals surface area contributed by atoms with E-state index in [1.54, 1.807) is 11.6 Å². The summed E-state index contributed by atoms with van der Waals surface area (Å²) in [5.41, 5.74) is 0.711. The lowest BCUT2D eigenvalue weighted by Gasteiger charge is -2.15. The summed E-state index contributed by atoms with van der Waals surface area (Å²) in [5, 5.41) is 3.20. The van der Waals surface area contributed by atoms with E-state index in [-0.39, 0.29) is 9.92 Å². The van der Waals surface area contributed by atoms with Crippen LogP contribution >= 0.6 is 11.6 Å². The Hall–Kier alpha value is -1.18. The largest absolute Gasteiger partial charge is 0.316 e. The summed E-state index contributed by atoms with van der Waals surface area (Å²) in [6.45, 7) is 2.71. The molecule has 1 aromatic rings. The number of carbonyl (C=O) groups excluding carboxylic acids is 1. The van der Waals surface area contributed by atoms with Crippen LogP contribution in [0.15, 0.2) is 23.1 Å². The molecule has 2 N–H and O–H groups in total. The van der Waals surface area contributed by atoms with E-state index in [0.29, 0.717) is 25.1 Å². The standard InChI is InChI=1S/C13H16ClFN2O3S/c1-8-2-3-10(6-11(8)14)21(19,20)17-13(18)12(15)9-4-5-16-7-9/h2-3,6,9,12,16H,4-5,7H2,1H3,(H,17,18). The molecule has 116 valence electrons. The molecule has 0 aromatic heterocycles. The molecule has 2 atom stereocenters. The Morgan fingerprint density at radius 2 is 2.24 bits per heavy atom. The molecule has 8 heteroatoms. The highest BCUT2D eigenvalue weighted by molar-refractivity contribution is 7.90. The topological polar surface area (TPSA) is 75.3 Å². The average molecular weight is 335 g/mol. The summed E-state index contributed by atoms with van der Waals surface area (Å²) in [7, 11) is -4.12. The SMILES string of the molecule is Cc1ccc(S(=O)(=O)NC(=O)C(F)C2CCNC2)cc1Cl. The molecule has 0 bridgehead atoms. The van der Waals surface area contributed by atoms with Gasteiger partial charge in [0.25, 0.3) is 15.9 Å². The van der Waals surface area contributed by atoms with Crippen LogP contribution in [0.4, 0.5) is 4.39 Å². The zero-order chi connectivity index (χ0) is 15.6. The van der Waals surface area contributed by atoms with Crippen molar-refractivity contribution in [3.8, 4) is 0 Å². The van der Waals surface area contributed by atoms with Crippen LogP contribution in [-0.4, -0.2) is 33.6 Å². The van der Waals surface area contributed by atoms with Crippen LogP contribution in [0.5, 0.6) is 0 Å². The van der Waals surface area contributed by atoms with E-state index in [2.05, 4.69) is 5.32 Å². The average Bonchev–Trinajstić information content (AvgIpc) is 2.94. The van der Waals surface area contributed by atoms with Crippen molar-refractivity contribution in [2.24, 2.45) is 5.92 Å². The summed E-state index contributed by atoms with van der Waals surface area (Å²) in [6, 6.07) is 4.08. The van der Waals surface area contributed by atoms with Gasteiger partial charge in [-0.05, 0) is 37.6 Å². The van der Waals surface area contributed by atoms with Gasteiger partial charge in [0.1, 0.15) is 0 Å². The molecule has 1 amide bonds. The fourth-order valence-corrected chi connectivity index (χ4v) is 3.39. The van der Waals surface area contributed by atoms with Gasteiger partial charge in [0.05, 0.1) is 4.90 Å². The van der Waals surface area contributed by atoms with Gasteiger partial charge >= 0.3 is 0 Å². The quantitative estimate of drug-likeness (QED) is 0.872. The summed E-state index contributed by atoms with van der Waals surface area (Å²) in [5.74, 6) is -1.64. The van der Waals surface area contributed by atoms with Gasteiger partial charge in [0.15, 0.2) is 6.17 Å². The maximum atomic E-state index is 13.9. The molecule has 1 heterocycles. The van der Waals surface area contributed by atoms with Gasteiger partial charge in [-0.25, -0.2) is 17.5 Å². The van der Waals surface area contributed by atoms with E-state index < -0.39 is 28.0 Å². The van der Waals surface area contributed by atoms with E-state index in [4.69, 9.17) is 11.6 Å². The second-order valence-electron chi connectivity index (χ2n) is 5.04. The molecule has 21 heavy (non-hydrogen) atoms. The van der Waals surface area contributed by atoms with Crippen LogP contribution in [0, 0.1) is 12.8 Å². The van der Waals surface area contributed by atoms with Crippen molar-refractivity contribution < 1.29 is 17.6 Å².